The Labute approximate surface area is 92.6 Å². The van der Waals surface area contributed by atoms with Gasteiger partial charge in [0.05, 0.1) is 0 Å². The summed E-state index contributed by atoms with van der Waals surface area (Å²) in [6.45, 7) is 10.0. The minimum absolute atomic E-state index is 0.252. The van der Waals surface area contributed by atoms with E-state index in [4.69, 9.17) is 0 Å². The van der Waals surface area contributed by atoms with Crippen LogP contribution in [-0.4, -0.2) is 48.6 Å². The molecule has 1 unspecified atom stereocenters. The largest absolute Gasteiger partial charge is 0.302 e. The summed E-state index contributed by atoms with van der Waals surface area (Å²) in [5, 5.41) is 0. The predicted molar refractivity (Wildman–Crippen MR) is 71.8 cm³/mol. The smallest absolute Gasteiger partial charge is 0.0191 e. The molecule has 2 heteroatoms. The standard InChI is InChI=1S/C10H23NS.C2H6/c1-9(2)10-8-12(4,5)7-6-11(10)3;1-2/h9-10H,6-8H2,1-5H3;1-2H3. The van der Waals surface area contributed by atoms with Crippen LogP contribution in [0, 0.1) is 5.92 Å². The van der Waals surface area contributed by atoms with Crippen molar-refractivity contribution in [2.24, 2.45) is 5.92 Å². The SMILES string of the molecule is CC.CC(C)C1CS(C)(C)CCN1C. The first-order valence-corrected chi connectivity index (χ1v) is 8.60. The lowest BCUT2D eigenvalue weighted by Crippen LogP contribution is -2.46. The Bertz CT molecular complexity index is 154. The van der Waals surface area contributed by atoms with Gasteiger partial charge in [-0.15, -0.1) is 0 Å². The fraction of sp³-hybridized carbons (Fsp3) is 1.00. The van der Waals surface area contributed by atoms with Gasteiger partial charge in [-0.05, 0) is 37.0 Å². The summed E-state index contributed by atoms with van der Waals surface area (Å²) in [6, 6.07) is 0.837. The first kappa shape index (κ1) is 14.3. The molecule has 0 aromatic heterocycles. The Morgan fingerprint density at radius 1 is 1.21 bits per heavy atom. The molecule has 0 aliphatic carbocycles. The summed E-state index contributed by atoms with van der Waals surface area (Å²) in [4.78, 5) is 2.54. The topological polar surface area (TPSA) is 3.24 Å². The van der Waals surface area contributed by atoms with E-state index in [1.54, 1.807) is 0 Å². The number of hydrogen-bond donors (Lipinski definition) is 0. The van der Waals surface area contributed by atoms with E-state index in [1.165, 1.54) is 18.1 Å². The van der Waals surface area contributed by atoms with Crippen LogP contribution in [0.15, 0.2) is 0 Å². The van der Waals surface area contributed by atoms with Crippen molar-refractivity contribution in [1.29, 1.82) is 0 Å². The van der Waals surface area contributed by atoms with Crippen LogP contribution in [0.1, 0.15) is 27.7 Å². The van der Waals surface area contributed by atoms with Crippen LogP contribution in [0.25, 0.3) is 0 Å². The van der Waals surface area contributed by atoms with Crippen LogP contribution in [-0.2, 0) is 0 Å². The predicted octanol–water partition coefficient (Wildman–Crippen LogP) is 3.05. The molecule has 0 saturated carbocycles. The summed E-state index contributed by atoms with van der Waals surface area (Å²) in [5.74, 6) is 3.70. The Balaban J connectivity index is 0.000000791. The van der Waals surface area contributed by atoms with E-state index in [-0.39, 0.29) is 10.0 Å². The monoisotopic (exact) mass is 219 g/mol. The van der Waals surface area contributed by atoms with Gasteiger partial charge >= 0.3 is 0 Å². The Morgan fingerprint density at radius 3 is 2.07 bits per heavy atom. The zero-order valence-electron chi connectivity index (χ0n) is 11.1. The van der Waals surface area contributed by atoms with Crippen molar-refractivity contribution < 1.29 is 0 Å². The van der Waals surface area contributed by atoms with E-state index < -0.39 is 0 Å². The highest BCUT2D eigenvalue weighted by atomic mass is 32.3. The molecule has 1 atom stereocenters. The summed E-state index contributed by atoms with van der Waals surface area (Å²) >= 11 is 0. The minimum Gasteiger partial charge on any atom is -0.302 e. The molecule has 0 N–H and O–H groups in total. The van der Waals surface area contributed by atoms with E-state index in [2.05, 4.69) is 38.3 Å². The Hall–Kier alpha value is 0.310. The summed E-state index contributed by atoms with van der Waals surface area (Å²) in [5.41, 5.74) is 0. The van der Waals surface area contributed by atoms with Gasteiger partial charge in [-0.3, -0.25) is 0 Å². The summed E-state index contributed by atoms with van der Waals surface area (Å²) in [7, 11) is 2.03. The quantitative estimate of drug-likeness (QED) is 0.655. The van der Waals surface area contributed by atoms with Gasteiger partial charge in [-0.2, -0.15) is 0 Å². The van der Waals surface area contributed by atoms with Crippen molar-refractivity contribution in [2.45, 2.75) is 33.7 Å². The van der Waals surface area contributed by atoms with Gasteiger partial charge < -0.3 is 4.90 Å². The second-order valence-electron chi connectivity index (χ2n) is 4.93. The van der Waals surface area contributed by atoms with Crippen molar-refractivity contribution in [1.82, 2.24) is 4.90 Å². The normalized spacial score (nSPS) is 29.3. The van der Waals surface area contributed by atoms with Gasteiger partial charge in [-0.1, -0.05) is 27.7 Å². The minimum atomic E-state index is -0.252. The Kier molecular flexibility index (Phi) is 6.15. The van der Waals surface area contributed by atoms with Crippen molar-refractivity contribution in [3.05, 3.63) is 0 Å². The third kappa shape index (κ3) is 4.22. The summed E-state index contributed by atoms with van der Waals surface area (Å²) < 4.78 is 0. The van der Waals surface area contributed by atoms with E-state index in [0.29, 0.717) is 0 Å². The molecule has 1 aliphatic heterocycles. The van der Waals surface area contributed by atoms with Crippen LogP contribution >= 0.6 is 10.0 Å². The molecule has 1 aliphatic rings. The van der Waals surface area contributed by atoms with E-state index in [0.717, 1.165) is 12.0 Å². The molecule has 0 bridgehead atoms. The second-order valence-corrected chi connectivity index (χ2v) is 9.21. The van der Waals surface area contributed by atoms with Crippen LogP contribution in [0.5, 0.6) is 0 Å². The van der Waals surface area contributed by atoms with Crippen molar-refractivity contribution in [2.75, 3.05) is 37.6 Å². The van der Waals surface area contributed by atoms with Gasteiger partial charge in [0.25, 0.3) is 0 Å². The van der Waals surface area contributed by atoms with Crippen molar-refractivity contribution >= 4 is 10.0 Å². The average molecular weight is 219 g/mol. The van der Waals surface area contributed by atoms with Crippen molar-refractivity contribution in [3.8, 4) is 0 Å². The molecular weight excluding hydrogens is 190 g/mol. The highest BCUT2D eigenvalue weighted by Gasteiger charge is 2.29. The maximum Gasteiger partial charge on any atom is 0.0191 e. The van der Waals surface area contributed by atoms with E-state index in [9.17, 15) is 0 Å². The molecule has 1 fully saturated rings. The third-order valence-electron chi connectivity index (χ3n) is 2.95. The molecule has 1 heterocycles. The first-order chi connectivity index (χ1) is 6.42. The molecular formula is C12H29NS. The molecule has 1 nitrogen and oxygen atoms in total. The van der Waals surface area contributed by atoms with Crippen LogP contribution < -0.4 is 0 Å². The number of hydrogen-bond acceptors (Lipinski definition) is 1. The Morgan fingerprint density at radius 2 is 1.71 bits per heavy atom. The molecule has 0 aromatic rings. The van der Waals surface area contributed by atoms with Gasteiger partial charge in [0.2, 0.25) is 0 Å². The van der Waals surface area contributed by atoms with Crippen LogP contribution in [0.2, 0.25) is 0 Å². The van der Waals surface area contributed by atoms with Crippen LogP contribution in [0.3, 0.4) is 0 Å². The maximum atomic E-state index is 2.54. The highest BCUT2D eigenvalue weighted by Crippen LogP contribution is 2.44. The molecule has 1 saturated heterocycles. The number of rotatable bonds is 1. The fourth-order valence-electron chi connectivity index (χ4n) is 1.93. The molecule has 14 heavy (non-hydrogen) atoms. The first-order valence-electron chi connectivity index (χ1n) is 5.81. The lowest BCUT2D eigenvalue weighted by atomic mass is 10.1. The summed E-state index contributed by atoms with van der Waals surface area (Å²) in [6.07, 6.45) is 4.96. The average Bonchev–Trinajstić information content (AvgIpc) is 2.12. The van der Waals surface area contributed by atoms with Gasteiger partial charge in [0.1, 0.15) is 0 Å². The molecule has 0 radical (unpaired) electrons. The zero-order valence-corrected chi connectivity index (χ0v) is 11.9. The van der Waals surface area contributed by atoms with Crippen LogP contribution in [0.4, 0.5) is 0 Å². The fourth-order valence-corrected chi connectivity index (χ4v) is 4.44. The lowest BCUT2D eigenvalue weighted by Gasteiger charge is -2.46. The third-order valence-corrected chi connectivity index (χ3v) is 5.49. The van der Waals surface area contributed by atoms with Gasteiger partial charge in [0.15, 0.2) is 0 Å². The molecule has 1 rings (SSSR count). The zero-order chi connectivity index (χ0) is 11.4. The van der Waals surface area contributed by atoms with Gasteiger partial charge in [0, 0.05) is 12.6 Å². The van der Waals surface area contributed by atoms with Gasteiger partial charge in [-0.25, -0.2) is 10.0 Å². The van der Waals surface area contributed by atoms with E-state index in [1.807, 2.05) is 13.8 Å². The maximum absolute atomic E-state index is 2.54. The van der Waals surface area contributed by atoms with Crippen molar-refractivity contribution in [3.63, 3.8) is 0 Å². The molecule has 0 aromatic carbocycles. The molecule has 88 valence electrons. The highest BCUT2D eigenvalue weighted by molar-refractivity contribution is 8.32. The number of nitrogens with zero attached hydrogens (tertiary/aromatic N) is 1. The lowest BCUT2D eigenvalue weighted by molar-refractivity contribution is 0.216. The molecule has 0 amide bonds. The second kappa shape index (κ2) is 6.02. The van der Waals surface area contributed by atoms with E-state index >= 15 is 0 Å². The molecule has 0 spiro atoms.